The Hall–Kier alpha value is -3.85. The summed E-state index contributed by atoms with van der Waals surface area (Å²) in [5.41, 5.74) is 3.45. The van der Waals surface area contributed by atoms with Crippen LogP contribution in [0.15, 0.2) is 78.9 Å². The van der Waals surface area contributed by atoms with E-state index in [9.17, 15) is 18.0 Å². The minimum absolute atomic E-state index is 0.0845. The van der Waals surface area contributed by atoms with Gasteiger partial charge in [0.1, 0.15) is 11.8 Å². The summed E-state index contributed by atoms with van der Waals surface area (Å²) in [5, 5.41) is 2.98. The van der Waals surface area contributed by atoms with Crippen molar-refractivity contribution in [2.45, 2.75) is 59.0 Å². The molecule has 226 valence electrons. The first-order valence-corrected chi connectivity index (χ1v) is 16.3. The van der Waals surface area contributed by atoms with Crippen molar-refractivity contribution in [2.75, 3.05) is 30.3 Å². The molecule has 0 aliphatic heterocycles. The fourth-order valence-electron chi connectivity index (χ4n) is 4.81. The zero-order chi connectivity index (χ0) is 30.5. The van der Waals surface area contributed by atoms with Gasteiger partial charge in [0.05, 0.1) is 18.6 Å². The molecule has 0 bridgehead atoms. The Balaban J connectivity index is 1.85. The van der Waals surface area contributed by atoms with Gasteiger partial charge in [-0.15, -0.1) is 0 Å². The summed E-state index contributed by atoms with van der Waals surface area (Å²) in [6.45, 7) is 7.29. The number of carbonyl (C=O) groups is 2. The number of anilines is 1. The molecule has 0 fully saturated rings. The number of aryl methyl sites for hydroxylation is 1. The maximum Gasteiger partial charge on any atom is 0.243 e. The molecular formula is C33H43N3O5S. The van der Waals surface area contributed by atoms with Crippen molar-refractivity contribution < 1.29 is 22.7 Å². The zero-order valence-electron chi connectivity index (χ0n) is 25.1. The van der Waals surface area contributed by atoms with Gasteiger partial charge in [-0.3, -0.25) is 13.9 Å². The Labute approximate surface area is 250 Å². The highest BCUT2D eigenvalue weighted by atomic mass is 32.2. The van der Waals surface area contributed by atoms with Gasteiger partial charge >= 0.3 is 0 Å². The number of sulfonamides is 1. The van der Waals surface area contributed by atoms with Crippen LogP contribution < -0.4 is 14.4 Å². The van der Waals surface area contributed by atoms with Gasteiger partial charge < -0.3 is 15.0 Å². The summed E-state index contributed by atoms with van der Waals surface area (Å²) in [5.74, 6) is 0.251. The highest BCUT2D eigenvalue weighted by molar-refractivity contribution is 7.92. The van der Waals surface area contributed by atoms with E-state index in [1.54, 1.807) is 29.2 Å². The molecule has 3 aromatic rings. The number of rotatable bonds is 16. The highest BCUT2D eigenvalue weighted by Crippen LogP contribution is 2.23. The minimum atomic E-state index is -3.59. The van der Waals surface area contributed by atoms with Crippen LogP contribution in [-0.2, 0) is 32.6 Å². The average molecular weight is 594 g/mol. The summed E-state index contributed by atoms with van der Waals surface area (Å²) in [6, 6.07) is 23.7. The van der Waals surface area contributed by atoms with Crippen LogP contribution in [-0.4, -0.2) is 57.1 Å². The summed E-state index contributed by atoms with van der Waals surface area (Å²) >= 11 is 0. The van der Waals surface area contributed by atoms with Gasteiger partial charge in [0, 0.05) is 32.5 Å². The molecule has 0 aliphatic carbocycles. The van der Waals surface area contributed by atoms with Crippen LogP contribution in [0.25, 0.3) is 0 Å². The van der Waals surface area contributed by atoms with E-state index in [0.29, 0.717) is 31.0 Å². The first-order valence-electron chi connectivity index (χ1n) is 14.5. The molecule has 0 saturated carbocycles. The van der Waals surface area contributed by atoms with Crippen molar-refractivity contribution >= 4 is 27.5 Å². The molecule has 1 atom stereocenters. The first-order chi connectivity index (χ1) is 20.1. The van der Waals surface area contributed by atoms with E-state index in [2.05, 4.69) is 5.32 Å². The molecule has 8 nitrogen and oxygen atoms in total. The predicted molar refractivity (Wildman–Crippen MR) is 168 cm³/mol. The SMILES string of the molecule is CCCNC(=O)[C@H](Cc1ccccc1)N(Cc1cccc(C)c1)C(=O)CCCN(c1ccc(OCC)cc1)S(C)(=O)=O. The van der Waals surface area contributed by atoms with Gasteiger partial charge in [-0.2, -0.15) is 0 Å². The summed E-state index contributed by atoms with van der Waals surface area (Å²) in [6.07, 6.45) is 2.68. The van der Waals surface area contributed by atoms with Gasteiger partial charge in [0.2, 0.25) is 21.8 Å². The van der Waals surface area contributed by atoms with Crippen molar-refractivity contribution in [3.05, 3.63) is 95.6 Å². The monoisotopic (exact) mass is 593 g/mol. The third-order valence-electron chi connectivity index (χ3n) is 6.84. The zero-order valence-corrected chi connectivity index (χ0v) is 25.9. The van der Waals surface area contributed by atoms with Crippen molar-refractivity contribution in [1.82, 2.24) is 10.2 Å². The lowest BCUT2D eigenvalue weighted by molar-refractivity contribution is -0.141. The Morgan fingerprint density at radius 2 is 1.62 bits per heavy atom. The van der Waals surface area contributed by atoms with Crippen LogP contribution in [0.3, 0.4) is 0 Å². The number of nitrogens with one attached hydrogen (secondary N) is 1. The second-order valence-corrected chi connectivity index (χ2v) is 12.3. The molecule has 0 radical (unpaired) electrons. The molecule has 0 aliphatic rings. The van der Waals surface area contributed by atoms with Gasteiger partial charge in [-0.1, -0.05) is 67.1 Å². The first kappa shape index (κ1) is 32.7. The third-order valence-corrected chi connectivity index (χ3v) is 8.04. The molecule has 0 aromatic heterocycles. The van der Waals surface area contributed by atoms with Crippen molar-refractivity contribution in [3.63, 3.8) is 0 Å². The molecule has 3 rings (SSSR count). The number of amides is 2. The number of nitrogens with zero attached hydrogens (tertiary/aromatic N) is 2. The normalized spacial score (nSPS) is 11.9. The lowest BCUT2D eigenvalue weighted by Crippen LogP contribution is -2.50. The molecule has 0 heterocycles. The molecule has 2 amide bonds. The van der Waals surface area contributed by atoms with E-state index in [1.807, 2.05) is 75.4 Å². The Morgan fingerprint density at radius 3 is 2.24 bits per heavy atom. The number of hydrogen-bond acceptors (Lipinski definition) is 5. The maximum absolute atomic E-state index is 13.9. The van der Waals surface area contributed by atoms with Gasteiger partial charge in [0.25, 0.3) is 0 Å². The molecule has 0 spiro atoms. The van der Waals surface area contributed by atoms with Crippen LogP contribution in [0.5, 0.6) is 5.75 Å². The van der Waals surface area contributed by atoms with E-state index in [4.69, 9.17) is 4.74 Å². The second-order valence-electron chi connectivity index (χ2n) is 10.4. The van der Waals surface area contributed by atoms with E-state index in [0.717, 1.165) is 29.4 Å². The lowest BCUT2D eigenvalue weighted by atomic mass is 10.0. The largest absolute Gasteiger partial charge is 0.494 e. The van der Waals surface area contributed by atoms with Crippen LogP contribution >= 0.6 is 0 Å². The number of benzene rings is 3. The van der Waals surface area contributed by atoms with Crippen LogP contribution in [0.1, 0.15) is 49.8 Å². The third kappa shape index (κ3) is 9.91. The summed E-state index contributed by atoms with van der Waals surface area (Å²) in [4.78, 5) is 29.0. The molecular weight excluding hydrogens is 550 g/mol. The van der Waals surface area contributed by atoms with E-state index < -0.39 is 16.1 Å². The molecule has 0 saturated heterocycles. The summed E-state index contributed by atoms with van der Waals surface area (Å²) < 4.78 is 32.1. The molecule has 3 aromatic carbocycles. The fraction of sp³-hybridized carbons (Fsp3) is 0.394. The Morgan fingerprint density at radius 1 is 0.929 bits per heavy atom. The average Bonchev–Trinajstić information content (AvgIpc) is 2.96. The Kier molecular flexibility index (Phi) is 12.4. The van der Waals surface area contributed by atoms with Crippen LogP contribution in [0, 0.1) is 6.92 Å². The molecule has 9 heteroatoms. The van der Waals surface area contributed by atoms with Crippen molar-refractivity contribution in [1.29, 1.82) is 0 Å². The van der Waals surface area contributed by atoms with E-state index in [-0.39, 0.29) is 37.7 Å². The van der Waals surface area contributed by atoms with Crippen LogP contribution in [0.4, 0.5) is 5.69 Å². The predicted octanol–water partition coefficient (Wildman–Crippen LogP) is 5.11. The number of hydrogen-bond donors (Lipinski definition) is 1. The summed E-state index contributed by atoms with van der Waals surface area (Å²) in [7, 11) is -3.59. The van der Waals surface area contributed by atoms with E-state index >= 15 is 0 Å². The van der Waals surface area contributed by atoms with Gasteiger partial charge in [0.15, 0.2) is 0 Å². The van der Waals surface area contributed by atoms with Gasteiger partial charge in [-0.05, 0) is 62.1 Å². The minimum Gasteiger partial charge on any atom is -0.494 e. The van der Waals surface area contributed by atoms with Crippen LogP contribution in [0.2, 0.25) is 0 Å². The molecule has 0 unspecified atom stereocenters. The van der Waals surface area contributed by atoms with E-state index in [1.165, 1.54) is 4.31 Å². The molecule has 1 N–H and O–H groups in total. The van der Waals surface area contributed by atoms with Crippen molar-refractivity contribution in [3.8, 4) is 5.75 Å². The van der Waals surface area contributed by atoms with Crippen molar-refractivity contribution in [2.24, 2.45) is 0 Å². The van der Waals surface area contributed by atoms with Gasteiger partial charge in [-0.25, -0.2) is 8.42 Å². The topological polar surface area (TPSA) is 96.0 Å². The standard InChI is InChI=1S/C33H43N3O5S/c1-5-21-34-33(38)31(24-27-13-8-7-9-14-27)35(25-28-15-10-12-26(3)23-28)32(37)16-11-22-36(42(4,39)40)29-17-19-30(20-18-29)41-6-2/h7-10,12-15,17-20,23,31H,5-6,11,16,21-22,24-25H2,1-4H3,(H,34,38)/t31-/m0/s1. The lowest BCUT2D eigenvalue weighted by Gasteiger charge is -2.32. The highest BCUT2D eigenvalue weighted by Gasteiger charge is 2.30. The number of carbonyl (C=O) groups excluding carboxylic acids is 2. The smallest absolute Gasteiger partial charge is 0.243 e. The second kappa shape index (κ2) is 16.0. The number of ether oxygens (including phenoxy) is 1. The molecule has 42 heavy (non-hydrogen) atoms. The Bertz CT molecular complexity index is 1390. The quantitative estimate of drug-likeness (QED) is 0.249. The fourth-order valence-corrected chi connectivity index (χ4v) is 5.77. The maximum atomic E-state index is 13.9.